The van der Waals surface area contributed by atoms with Crippen molar-refractivity contribution in [1.82, 2.24) is 20.4 Å². The first kappa shape index (κ1) is 29.2. The van der Waals surface area contributed by atoms with Gasteiger partial charge in [0.15, 0.2) is 5.82 Å². The Morgan fingerprint density at radius 1 is 0.952 bits per heavy atom. The predicted octanol–water partition coefficient (Wildman–Crippen LogP) is 5.96. The topological polar surface area (TPSA) is 127 Å². The van der Waals surface area contributed by atoms with Crippen molar-refractivity contribution in [2.24, 2.45) is 0 Å². The average molecular weight is 602 g/mol. The second-order valence-electron chi connectivity index (χ2n) is 9.80. The van der Waals surface area contributed by atoms with Crippen LogP contribution in [0.15, 0.2) is 87.9 Å². The summed E-state index contributed by atoms with van der Waals surface area (Å²) in [4.78, 5) is 22.7. The maximum absolute atomic E-state index is 13.6. The Morgan fingerprint density at radius 3 is 2.50 bits per heavy atom. The maximum Gasteiger partial charge on any atom is 0.264 e. The summed E-state index contributed by atoms with van der Waals surface area (Å²) in [5, 5.41) is 8.92. The molecule has 3 heterocycles. The van der Waals surface area contributed by atoms with Crippen molar-refractivity contribution in [1.29, 1.82) is 0 Å². The standard InChI is InChI=1S/C31H31N5O4S2/c1-21-22(2)35-40-31(21)36-42(38,39)28-11-4-3-10-27(28)26-14-13-24(30-33-16-7-17-34-30)20-23(26)15-18-32-29(37)12-5-8-25-9-6-19-41-25/h3-4,6-7,9-11,13-14,16-17,19-20,36H,5,8,12,15,18H2,1-2H3,(H,32,37). The molecule has 0 bridgehead atoms. The van der Waals surface area contributed by atoms with E-state index in [4.69, 9.17) is 4.52 Å². The van der Waals surface area contributed by atoms with Gasteiger partial charge < -0.3 is 9.84 Å². The van der Waals surface area contributed by atoms with Gasteiger partial charge in [-0.3, -0.25) is 4.79 Å². The van der Waals surface area contributed by atoms with E-state index >= 15 is 0 Å². The van der Waals surface area contributed by atoms with Gasteiger partial charge in [0, 0.05) is 46.9 Å². The van der Waals surface area contributed by atoms with Gasteiger partial charge in [-0.1, -0.05) is 41.6 Å². The molecule has 2 aromatic carbocycles. The fourth-order valence-corrected chi connectivity index (χ4v) is 6.59. The Bertz CT molecular complexity index is 1770. The Labute approximate surface area is 249 Å². The highest BCUT2D eigenvalue weighted by Gasteiger charge is 2.24. The first-order chi connectivity index (χ1) is 20.3. The minimum atomic E-state index is -4.02. The molecule has 0 atom stereocenters. The summed E-state index contributed by atoms with van der Waals surface area (Å²) in [5.41, 5.74) is 4.13. The van der Waals surface area contributed by atoms with Gasteiger partial charge in [-0.25, -0.2) is 23.1 Å². The molecule has 2 N–H and O–H groups in total. The number of hydrogen-bond acceptors (Lipinski definition) is 8. The molecule has 0 aliphatic heterocycles. The minimum absolute atomic E-state index is 0.0134. The van der Waals surface area contributed by atoms with Crippen molar-refractivity contribution < 1.29 is 17.7 Å². The molecule has 42 heavy (non-hydrogen) atoms. The van der Waals surface area contributed by atoms with E-state index in [2.05, 4.69) is 31.2 Å². The number of benzene rings is 2. The molecule has 11 heteroatoms. The zero-order valence-corrected chi connectivity index (χ0v) is 25.0. The quantitative estimate of drug-likeness (QED) is 0.181. The summed E-state index contributed by atoms with van der Waals surface area (Å²) in [6.07, 6.45) is 5.92. The molecule has 216 valence electrons. The van der Waals surface area contributed by atoms with Gasteiger partial charge >= 0.3 is 0 Å². The molecular weight excluding hydrogens is 571 g/mol. The van der Waals surface area contributed by atoms with Crippen molar-refractivity contribution in [3.05, 3.63) is 100 Å². The normalized spacial score (nSPS) is 11.4. The van der Waals surface area contributed by atoms with E-state index in [1.54, 1.807) is 67.9 Å². The Morgan fingerprint density at radius 2 is 1.76 bits per heavy atom. The highest BCUT2D eigenvalue weighted by molar-refractivity contribution is 7.92. The number of aryl methyl sites for hydroxylation is 2. The molecule has 5 rings (SSSR count). The van der Waals surface area contributed by atoms with E-state index < -0.39 is 10.0 Å². The fourth-order valence-electron chi connectivity index (χ4n) is 4.56. The van der Waals surface area contributed by atoms with Crippen molar-refractivity contribution in [2.75, 3.05) is 11.3 Å². The summed E-state index contributed by atoms with van der Waals surface area (Å²) < 4.78 is 34.9. The molecule has 0 fully saturated rings. The molecular formula is C31H31N5O4S2. The molecule has 0 radical (unpaired) electrons. The number of sulfonamides is 1. The van der Waals surface area contributed by atoms with Crippen LogP contribution in [0.1, 0.15) is 34.5 Å². The molecule has 0 saturated carbocycles. The third-order valence-corrected chi connectivity index (χ3v) is 9.23. The lowest BCUT2D eigenvalue weighted by atomic mass is 9.95. The SMILES string of the molecule is Cc1noc(NS(=O)(=O)c2ccccc2-c2ccc(-c3ncccn3)cc2CCNC(=O)CCCc2cccs2)c1C. The first-order valence-electron chi connectivity index (χ1n) is 13.6. The van der Waals surface area contributed by atoms with Gasteiger partial charge in [0.1, 0.15) is 0 Å². The zero-order chi connectivity index (χ0) is 29.5. The van der Waals surface area contributed by atoms with E-state index in [0.29, 0.717) is 42.0 Å². The van der Waals surface area contributed by atoms with Crippen LogP contribution in [0.25, 0.3) is 22.5 Å². The van der Waals surface area contributed by atoms with Crippen LogP contribution >= 0.6 is 11.3 Å². The molecule has 0 aliphatic carbocycles. The summed E-state index contributed by atoms with van der Waals surface area (Å²) in [7, 11) is -4.02. The van der Waals surface area contributed by atoms with Crippen LogP contribution in [0.5, 0.6) is 0 Å². The number of aromatic nitrogens is 3. The lowest BCUT2D eigenvalue weighted by Gasteiger charge is -2.16. The summed E-state index contributed by atoms with van der Waals surface area (Å²) in [5.74, 6) is 0.628. The molecule has 0 unspecified atom stereocenters. The van der Waals surface area contributed by atoms with Crippen LogP contribution < -0.4 is 10.0 Å². The van der Waals surface area contributed by atoms with E-state index in [1.807, 2.05) is 29.6 Å². The third kappa shape index (κ3) is 6.92. The molecule has 9 nitrogen and oxygen atoms in total. The highest BCUT2D eigenvalue weighted by Crippen LogP contribution is 2.34. The van der Waals surface area contributed by atoms with Crippen molar-refractivity contribution in [3.63, 3.8) is 0 Å². The van der Waals surface area contributed by atoms with E-state index in [1.165, 1.54) is 4.88 Å². The van der Waals surface area contributed by atoms with Crippen molar-refractivity contribution >= 4 is 33.2 Å². The van der Waals surface area contributed by atoms with Crippen LogP contribution in [-0.2, 0) is 27.7 Å². The highest BCUT2D eigenvalue weighted by atomic mass is 32.2. The molecule has 5 aromatic rings. The Hall–Kier alpha value is -4.35. The average Bonchev–Trinajstić information content (AvgIpc) is 3.63. The molecule has 0 spiro atoms. The number of nitrogens with zero attached hydrogens (tertiary/aromatic N) is 3. The number of anilines is 1. The molecule has 0 aliphatic rings. The van der Waals surface area contributed by atoms with E-state index in [9.17, 15) is 13.2 Å². The van der Waals surface area contributed by atoms with Crippen LogP contribution in [0, 0.1) is 13.8 Å². The monoisotopic (exact) mass is 601 g/mol. The van der Waals surface area contributed by atoms with Crippen LogP contribution in [0.3, 0.4) is 0 Å². The van der Waals surface area contributed by atoms with Gasteiger partial charge in [0.25, 0.3) is 10.0 Å². The smallest absolute Gasteiger partial charge is 0.264 e. The number of amides is 1. The summed E-state index contributed by atoms with van der Waals surface area (Å²) >= 11 is 1.70. The van der Waals surface area contributed by atoms with Gasteiger partial charge in [-0.15, -0.1) is 11.3 Å². The number of rotatable bonds is 12. The predicted molar refractivity (Wildman–Crippen MR) is 164 cm³/mol. The minimum Gasteiger partial charge on any atom is -0.356 e. The van der Waals surface area contributed by atoms with Gasteiger partial charge in [0.05, 0.1) is 10.6 Å². The van der Waals surface area contributed by atoms with Crippen LogP contribution in [0.2, 0.25) is 0 Å². The van der Waals surface area contributed by atoms with Gasteiger partial charge in [-0.05, 0) is 73.9 Å². The van der Waals surface area contributed by atoms with Gasteiger partial charge in [-0.2, -0.15) is 0 Å². The van der Waals surface area contributed by atoms with E-state index in [-0.39, 0.29) is 16.7 Å². The second-order valence-corrected chi connectivity index (χ2v) is 12.5. The molecule has 3 aromatic heterocycles. The van der Waals surface area contributed by atoms with Gasteiger partial charge in [0.2, 0.25) is 11.8 Å². The van der Waals surface area contributed by atoms with Crippen molar-refractivity contribution in [2.45, 2.75) is 44.4 Å². The number of thiophene rings is 1. The zero-order valence-electron chi connectivity index (χ0n) is 23.3. The molecule has 0 saturated heterocycles. The summed E-state index contributed by atoms with van der Waals surface area (Å²) in [6, 6.07) is 18.4. The Kier molecular flexibility index (Phi) is 9.09. The van der Waals surface area contributed by atoms with Crippen LogP contribution in [0.4, 0.5) is 5.88 Å². The number of hydrogen-bond donors (Lipinski definition) is 2. The number of nitrogens with one attached hydrogen (secondary N) is 2. The number of carbonyl (C=O) groups is 1. The molecule has 1 amide bonds. The maximum atomic E-state index is 13.6. The fraction of sp³-hybridized carbons (Fsp3) is 0.226. The van der Waals surface area contributed by atoms with Crippen molar-refractivity contribution in [3.8, 4) is 22.5 Å². The van der Waals surface area contributed by atoms with Crippen LogP contribution in [-0.4, -0.2) is 36.0 Å². The first-order valence-corrected chi connectivity index (χ1v) is 15.9. The van der Waals surface area contributed by atoms with E-state index in [0.717, 1.165) is 29.5 Å². The Balaban J connectivity index is 1.40. The lowest BCUT2D eigenvalue weighted by molar-refractivity contribution is -0.121. The third-order valence-electron chi connectivity index (χ3n) is 6.90. The number of carbonyl (C=O) groups excluding carboxylic acids is 1. The lowest BCUT2D eigenvalue weighted by Crippen LogP contribution is -2.25. The second kappa shape index (κ2) is 13.1. The largest absolute Gasteiger partial charge is 0.356 e. The summed E-state index contributed by atoms with van der Waals surface area (Å²) in [6.45, 7) is 3.89.